The Morgan fingerprint density at radius 3 is 3.00 bits per heavy atom. The van der Waals surface area contributed by atoms with Gasteiger partial charge < -0.3 is 20.7 Å². The van der Waals surface area contributed by atoms with Crippen LogP contribution < -0.4 is 16.0 Å². The van der Waals surface area contributed by atoms with Crippen LogP contribution >= 0.6 is 23.2 Å². The van der Waals surface area contributed by atoms with Crippen LogP contribution in [-0.2, 0) is 4.74 Å². The molecule has 1 fully saturated rings. The van der Waals surface area contributed by atoms with Gasteiger partial charge in [-0.1, -0.05) is 23.2 Å². The van der Waals surface area contributed by atoms with Crippen molar-refractivity contribution in [3.63, 3.8) is 0 Å². The first-order valence-electron chi connectivity index (χ1n) is 7.27. The smallest absolute Gasteiger partial charge is 0.315 e. The molecule has 0 radical (unpaired) electrons. The third-order valence-corrected chi connectivity index (χ3v) is 3.89. The highest BCUT2D eigenvalue weighted by Crippen LogP contribution is 2.22. The molecule has 0 spiro atoms. The van der Waals surface area contributed by atoms with Crippen LogP contribution in [0.4, 0.5) is 10.6 Å². The molecular formula is C14H20Cl2N4O2. The summed E-state index contributed by atoms with van der Waals surface area (Å²) in [7, 11) is 0. The van der Waals surface area contributed by atoms with Crippen LogP contribution in [0.25, 0.3) is 0 Å². The molecule has 0 aromatic carbocycles. The van der Waals surface area contributed by atoms with Crippen LogP contribution in [0.2, 0.25) is 10.0 Å². The highest BCUT2D eigenvalue weighted by atomic mass is 35.5. The van der Waals surface area contributed by atoms with E-state index in [0.29, 0.717) is 29.0 Å². The predicted molar refractivity (Wildman–Crippen MR) is 87.7 cm³/mol. The van der Waals surface area contributed by atoms with Crippen LogP contribution in [-0.4, -0.2) is 42.9 Å². The molecule has 2 rings (SSSR count). The number of nitrogens with zero attached hydrogens (tertiary/aromatic N) is 1. The Morgan fingerprint density at radius 1 is 1.50 bits per heavy atom. The number of urea groups is 1. The van der Waals surface area contributed by atoms with Gasteiger partial charge in [-0.2, -0.15) is 0 Å². The molecule has 0 saturated carbocycles. The lowest BCUT2D eigenvalue weighted by atomic mass is 10.1. The molecule has 1 aromatic rings. The number of carbonyl (C=O) groups is 1. The Labute approximate surface area is 139 Å². The first-order valence-corrected chi connectivity index (χ1v) is 8.02. The van der Waals surface area contributed by atoms with E-state index in [4.69, 9.17) is 27.9 Å². The molecule has 1 aromatic heterocycles. The molecule has 122 valence electrons. The van der Waals surface area contributed by atoms with Gasteiger partial charge in [0, 0.05) is 25.9 Å². The van der Waals surface area contributed by atoms with Crippen molar-refractivity contribution in [2.45, 2.75) is 31.9 Å². The predicted octanol–water partition coefficient (Wildman–Crippen LogP) is 2.67. The fraction of sp³-hybridized carbons (Fsp3) is 0.571. The summed E-state index contributed by atoms with van der Waals surface area (Å²) in [6, 6.07) is 1.41. The molecule has 0 unspecified atom stereocenters. The summed E-state index contributed by atoms with van der Waals surface area (Å²) in [5.41, 5.74) is 0. The van der Waals surface area contributed by atoms with Gasteiger partial charge in [-0.15, -0.1) is 0 Å². The van der Waals surface area contributed by atoms with Gasteiger partial charge >= 0.3 is 6.03 Å². The molecule has 1 saturated heterocycles. The zero-order chi connectivity index (χ0) is 15.9. The number of amides is 2. The minimum atomic E-state index is -0.208. The molecule has 0 aliphatic carbocycles. The van der Waals surface area contributed by atoms with E-state index in [1.807, 2.05) is 6.92 Å². The maximum absolute atomic E-state index is 11.8. The van der Waals surface area contributed by atoms with Gasteiger partial charge in [-0.25, -0.2) is 9.78 Å². The molecular weight excluding hydrogens is 327 g/mol. The van der Waals surface area contributed by atoms with Crippen molar-refractivity contribution < 1.29 is 9.53 Å². The van der Waals surface area contributed by atoms with Crippen molar-refractivity contribution in [1.82, 2.24) is 15.6 Å². The summed E-state index contributed by atoms with van der Waals surface area (Å²) in [5.74, 6) is 0.543. The van der Waals surface area contributed by atoms with E-state index in [0.717, 1.165) is 19.4 Å². The van der Waals surface area contributed by atoms with Crippen LogP contribution in [0.15, 0.2) is 12.3 Å². The Bertz CT molecular complexity index is 510. The lowest BCUT2D eigenvalue weighted by Gasteiger charge is -2.20. The van der Waals surface area contributed by atoms with Gasteiger partial charge in [-0.3, -0.25) is 0 Å². The van der Waals surface area contributed by atoms with Crippen molar-refractivity contribution in [2.75, 3.05) is 25.0 Å². The topological polar surface area (TPSA) is 75.3 Å². The molecule has 1 aliphatic heterocycles. The van der Waals surface area contributed by atoms with E-state index >= 15 is 0 Å². The molecule has 3 N–H and O–H groups in total. The number of pyridine rings is 1. The van der Waals surface area contributed by atoms with E-state index in [1.54, 1.807) is 6.07 Å². The van der Waals surface area contributed by atoms with E-state index < -0.39 is 0 Å². The maximum Gasteiger partial charge on any atom is 0.315 e. The fourth-order valence-corrected chi connectivity index (χ4v) is 2.70. The molecule has 2 amide bonds. The Morgan fingerprint density at radius 2 is 2.32 bits per heavy atom. The van der Waals surface area contributed by atoms with Gasteiger partial charge in [0.25, 0.3) is 0 Å². The molecule has 2 atom stereocenters. The highest BCUT2D eigenvalue weighted by Gasteiger charge is 2.23. The Balaban J connectivity index is 1.64. The number of halogens is 2. The number of hydrogen-bond donors (Lipinski definition) is 3. The largest absolute Gasteiger partial charge is 0.376 e. The monoisotopic (exact) mass is 346 g/mol. The van der Waals surface area contributed by atoms with Gasteiger partial charge in [0.1, 0.15) is 5.82 Å². The standard InChI is InChI=1S/C14H20Cl2N4O2/c1-9(12-3-2-6-22-12)20-14(21)18-5-4-17-13-11(16)7-10(15)8-19-13/h7-9,12H,2-6H2,1H3,(H,17,19)(H2,18,20,21)/t9-,12-/m0/s1. The zero-order valence-electron chi connectivity index (χ0n) is 12.4. The Kier molecular flexibility index (Phi) is 6.54. The first kappa shape index (κ1) is 17.1. The lowest BCUT2D eigenvalue weighted by Crippen LogP contribution is -2.46. The number of aromatic nitrogens is 1. The van der Waals surface area contributed by atoms with Gasteiger partial charge in [0.05, 0.1) is 22.2 Å². The van der Waals surface area contributed by atoms with E-state index in [9.17, 15) is 4.79 Å². The quantitative estimate of drug-likeness (QED) is 0.692. The van der Waals surface area contributed by atoms with Gasteiger partial charge in [0.15, 0.2) is 0 Å². The van der Waals surface area contributed by atoms with Crippen molar-refractivity contribution in [1.29, 1.82) is 0 Å². The first-order chi connectivity index (χ1) is 10.6. The third kappa shape index (κ3) is 5.19. The normalized spacial score (nSPS) is 18.8. The minimum absolute atomic E-state index is 0.00263. The molecule has 8 heteroatoms. The van der Waals surface area contributed by atoms with Crippen LogP contribution in [0.1, 0.15) is 19.8 Å². The average Bonchev–Trinajstić information content (AvgIpc) is 2.99. The summed E-state index contributed by atoms with van der Waals surface area (Å²) in [6.07, 6.45) is 3.67. The second-order valence-electron chi connectivity index (χ2n) is 5.15. The van der Waals surface area contributed by atoms with Crippen molar-refractivity contribution in [3.8, 4) is 0 Å². The maximum atomic E-state index is 11.8. The summed E-state index contributed by atoms with van der Waals surface area (Å²) < 4.78 is 5.53. The number of rotatable bonds is 6. The SMILES string of the molecule is C[C@H](NC(=O)NCCNc1ncc(Cl)cc1Cl)[C@@H]1CCCO1. The van der Waals surface area contributed by atoms with E-state index in [-0.39, 0.29) is 18.2 Å². The molecule has 2 heterocycles. The van der Waals surface area contributed by atoms with E-state index in [1.165, 1.54) is 6.20 Å². The second-order valence-corrected chi connectivity index (χ2v) is 5.99. The summed E-state index contributed by atoms with van der Waals surface area (Å²) >= 11 is 11.8. The van der Waals surface area contributed by atoms with Crippen LogP contribution in [0.5, 0.6) is 0 Å². The molecule has 1 aliphatic rings. The van der Waals surface area contributed by atoms with Crippen molar-refractivity contribution >= 4 is 35.1 Å². The van der Waals surface area contributed by atoms with Crippen molar-refractivity contribution in [2.24, 2.45) is 0 Å². The summed E-state index contributed by atoms with van der Waals surface area (Å²) in [6.45, 7) is 3.68. The highest BCUT2D eigenvalue weighted by molar-refractivity contribution is 6.35. The molecule has 6 nitrogen and oxygen atoms in total. The average molecular weight is 347 g/mol. The number of hydrogen-bond acceptors (Lipinski definition) is 4. The van der Waals surface area contributed by atoms with Crippen LogP contribution in [0.3, 0.4) is 0 Å². The fourth-order valence-electron chi connectivity index (χ4n) is 2.25. The lowest BCUT2D eigenvalue weighted by molar-refractivity contribution is 0.0860. The van der Waals surface area contributed by atoms with E-state index in [2.05, 4.69) is 20.9 Å². The summed E-state index contributed by atoms with van der Waals surface area (Å²) in [5, 5.41) is 9.62. The zero-order valence-corrected chi connectivity index (χ0v) is 13.9. The molecule has 0 bridgehead atoms. The summed E-state index contributed by atoms with van der Waals surface area (Å²) in [4.78, 5) is 15.8. The van der Waals surface area contributed by atoms with Crippen molar-refractivity contribution in [3.05, 3.63) is 22.3 Å². The molecule has 22 heavy (non-hydrogen) atoms. The number of carbonyl (C=O) groups excluding carboxylic acids is 1. The minimum Gasteiger partial charge on any atom is -0.376 e. The number of nitrogens with one attached hydrogen (secondary N) is 3. The number of anilines is 1. The Hall–Kier alpha value is -1.24. The van der Waals surface area contributed by atoms with Gasteiger partial charge in [0.2, 0.25) is 0 Å². The third-order valence-electron chi connectivity index (χ3n) is 3.39. The van der Waals surface area contributed by atoms with Crippen LogP contribution in [0, 0.1) is 0 Å². The number of ether oxygens (including phenoxy) is 1. The second kappa shape index (κ2) is 8.41. The van der Waals surface area contributed by atoms with Gasteiger partial charge in [-0.05, 0) is 25.8 Å².